The molecule has 0 bridgehead atoms. The van der Waals surface area contributed by atoms with Crippen LogP contribution in [0.15, 0.2) is 12.3 Å². The molecule has 0 aliphatic rings. The van der Waals surface area contributed by atoms with E-state index in [-0.39, 0.29) is 5.28 Å². The molecule has 1 heterocycles. The molecule has 0 radical (unpaired) electrons. The highest BCUT2D eigenvalue weighted by Crippen LogP contribution is 2.06. The molecule has 1 N–H and O–H groups in total. The molecule has 0 saturated carbocycles. The lowest BCUT2D eigenvalue weighted by atomic mass is 10.2. The van der Waals surface area contributed by atoms with Gasteiger partial charge < -0.3 is 10.1 Å². The van der Waals surface area contributed by atoms with Gasteiger partial charge in [0.25, 0.3) is 0 Å². The van der Waals surface area contributed by atoms with Crippen molar-refractivity contribution in [2.75, 3.05) is 25.6 Å². The van der Waals surface area contributed by atoms with Gasteiger partial charge in [0.15, 0.2) is 0 Å². The summed E-state index contributed by atoms with van der Waals surface area (Å²) in [6, 6.07) is 1.78. The first-order chi connectivity index (χ1) is 6.72. The zero-order valence-corrected chi connectivity index (χ0v) is 9.08. The van der Waals surface area contributed by atoms with Crippen LogP contribution in [0.4, 0.5) is 5.82 Å². The molecular weight excluding hydrogens is 202 g/mol. The van der Waals surface area contributed by atoms with Crippen molar-refractivity contribution < 1.29 is 4.74 Å². The highest BCUT2D eigenvalue weighted by Gasteiger charge is 2.01. The topological polar surface area (TPSA) is 47.0 Å². The number of hydrogen-bond donors (Lipinski definition) is 1. The second-order valence-electron chi connectivity index (χ2n) is 3.15. The van der Waals surface area contributed by atoms with E-state index in [1.807, 2.05) is 0 Å². The summed E-state index contributed by atoms with van der Waals surface area (Å²) in [5.74, 6) is 1.18. The third kappa shape index (κ3) is 3.89. The average molecular weight is 216 g/mol. The van der Waals surface area contributed by atoms with E-state index in [0.717, 1.165) is 19.0 Å². The minimum Gasteiger partial charge on any atom is -0.384 e. The highest BCUT2D eigenvalue weighted by atomic mass is 35.5. The van der Waals surface area contributed by atoms with E-state index in [0.29, 0.717) is 5.92 Å². The van der Waals surface area contributed by atoms with E-state index in [2.05, 4.69) is 22.2 Å². The van der Waals surface area contributed by atoms with Gasteiger partial charge in [0.05, 0.1) is 6.61 Å². The standard InChI is InChI=1S/C9H14ClN3O/c1-7(6-14-2)5-12-8-3-4-11-9(10)13-8/h3-4,7H,5-6H2,1-2H3,(H,11,12,13). The molecule has 0 aromatic carbocycles. The Morgan fingerprint density at radius 2 is 2.43 bits per heavy atom. The van der Waals surface area contributed by atoms with Crippen LogP contribution in [0.5, 0.6) is 0 Å². The number of anilines is 1. The summed E-state index contributed by atoms with van der Waals surface area (Å²) in [4.78, 5) is 7.80. The van der Waals surface area contributed by atoms with Gasteiger partial charge in [-0.2, -0.15) is 0 Å². The van der Waals surface area contributed by atoms with E-state index < -0.39 is 0 Å². The Hall–Kier alpha value is -0.870. The number of hydrogen-bond acceptors (Lipinski definition) is 4. The first-order valence-electron chi connectivity index (χ1n) is 4.43. The monoisotopic (exact) mass is 215 g/mol. The minimum absolute atomic E-state index is 0.259. The van der Waals surface area contributed by atoms with Gasteiger partial charge in [-0.1, -0.05) is 6.92 Å². The summed E-state index contributed by atoms with van der Waals surface area (Å²) in [5, 5.41) is 3.41. The molecule has 0 amide bonds. The van der Waals surface area contributed by atoms with Gasteiger partial charge >= 0.3 is 0 Å². The molecule has 0 aliphatic carbocycles. The molecule has 0 fully saturated rings. The quantitative estimate of drug-likeness (QED) is 0.762. The van der Waals surface area contributed by atoms with Crippen molar-refractivity contribution in [3.63, 3.8) is 0 Å². The molecule has 1 aromatic heterocycles. The molecule has 0 spiro atoms. The largest absolute Gasteiger partial charge is 0.384 e. The third-order valence-corrected chi connectivity index (χ3v) is 1.89. The Labute approximate surface area is 88.7 Å². The van der Waals surface area contributed by atoms with Crippen molar-refractivity contribution >= 4 is 17.4 Å². The molecule has 4 nitrogen and oxygen atoms in total. The summed E-state index contributed by atoms with van der Waals surface area (Å²) in [7, 11) is 1.69. The van der Waals surface area contributed by atoms with E-state index in [9.17, 15) is 0 Å². The second kappa shape index (κ2) is 5.78. The first-order valence-corrected chi connectivity index (χ1v) is 4.81. The van der Waals surface area contributed by atoms with Crippen LogP contribution in [0.2, 0.25) is 5.28 Å². The van der Waals surface area contributed by atoms with E-state index in [4.69, 9.17) is 16.3 Å². The lowest BCUT2D eigenvalue weighted by Gasteiger charge is -2.11. The van der Waals surface area contributed by atoms with Gasteiger partial charge in [0, 0.05) is 19.9 Å². The molecule has 1 rings (SSSR count). The molecule has 78 valence electrons. The van der Waals surface area contributed by atoms with Gasteiger partial charge in [0.1, 0.15) is 5.82 Å². The molecule has 5 heteroatoms. The number of nitrogens with zero attached hydrogens (tertiary/aromatic N) is 2. The van der Waals surface area contributed by atoms with Crippen molar-refractivity contribution in [1.29, 1.82) is 0 Å². The Morgan fingerprint density at radius 1 is 1.64 bits per heavy atom. The third-order valence-electron chi connectivity index (χ3n) is 1.71. The maximum Gasteiger partial charge on any atom is 0.224 e. The fourth-order valence-corrected chi connectivity index (χ4v) is 1.20. The number of nitrogens with one attached hydrogen (secondary N) is 1. The smallest absolute Gasteiger partial charge is 0.224 e. The van der Waals surface area contributed by atoms with Gasteiger partial charge in [-0.05, 0) is 23.6 Å². The summed E-state index contributed by atoms with van der Waals surface area (Å²) in [6.07, 6.45) is 1.62. The zero-order valence-electron chi connectivity index (χ0n) is 8.33. The molecule has 0 saturated heterocycles. The van der Waals surface area contributed by atoms with Crippen molar-refractivity contribution in [2.24, 2.45) is 5.92 Å². The van der Waals surface area contributed by atoms with E-state index in [1.165, 1.54) is 0 Å². The molecule has 0 aliphatic heterocycles. The van der Waals surface area contributed by atoms with Crippen LogP contribution in [0.3, 0.4) is 0 Å². The number of ether oxygens (including phenoxy) is 1. The fourth-order valence-electron chi connectivity index (χ4n) is 1.06. The maximum absolute atomic E-state index is 5.63. The van der Waals surface area contributed by atoms with Gasteiger partial charge in [-0.25, -0.2) is 9.97 Å². The predicted octanol–water partition coefficient (Wildman–Crippen LogP) is 1.82. The van der Waals surface area contributed by atoms with Crippen LogP contribution >= 0.6 is 11.6 Å². The Kier molecular flexibility index (Phi) is 4.62. The van der Waals surface area contributed by atoms with Crippen LogP contribution in [0, 0.1) is 5.92 Å². The van der Waals surface area contributed by atoms with Gasteiger partial charge in [-0.3, -0.25) is 0 Å². The highest BCUT2D eigenvalue weighted by molar-refractivity contribution is 6.28. The van der Waals surface area contributed by atoms with Crippen molar-refractivity contribution in [3.8, 4) is 0 Å². The summed E-state index contributed by atoms with van der Waals surface area (Å²) in [5.41, 5.74) is 0. The number of aromatic nitrogens is 2. The van der Waals surface area contributed by atoms with E-state index >= 15 is 0 Å². The first kappa shape index (κ1) is 11.2. The van der Waals surface area contributed by atoms with Crippen molar-refractivity contribution in [1.82, 2.24) is 9.97 Å². The second-order valence-corrected chi connectivity index (χ2v) is 3.49. The number of halogens is 1. The summed E-state index contributed by atoms with van der Waals surface area (Å²) < 4.78 is 5.02. The van der Waals surface area contributed by atoms with Gasteiger partial charge in [0.2, 0.25) is 5.28 Å². The van der Waals surface area contributed by atoms with E-state index in [1.54, 1.807) is 19.4 Å². The van der Waals surface area contributed by atoms with Gasteiger partial charge in [-0.15, -0.1) is 0 Å². The number of rotatable bonds is 5. The zero-order chi connectivity index (χ0) is 10.4. The van der Waals surface area contributed by atoms with Crippen LogP contribution in [0.1, 0.15) is 6.92 Å². The average Bonchev–Trinajstić information content (AvgIpc) is 2.15. The Bertz CT molecular complexity index is 283. The van der Waals surface area contributed by atoms with Crippen molar-refractivity contribution in [2.45, 2.75) is 6.92 Å². The van der Waals surface area contributed by atoms with Crippen LogP contribution < -0.4 is 5.32 Å². The predicted molar refractivity (Wildman–Crippen MR) is 56.6 cm³/mol. The normalized spacial score (nSPS) is 12.5. The maximum atomic E-state index is 5.63. The van der Waals surface area contributed by atoms with Crippen LogP contribution in [-0.4, -0.2) is 30.2 Å². The Balaban J connectivity index is 2.37. The molecule has 1 atom stereocenters. The van der Waals surface area contributed by atoms with Crippen LogP contribution in [0.25, 0.3) is 0 Å². The fraction of sp³-hybridized carbons (Fsp3) is 0.556. The SMILES string of the molecule is COCC(C)CNc1ccnc(Cl)n1. The van der Waals surface area contributed by atoms with Crippen molar-refractivity contribution in [3.05, 3.63) is 17.5 Å². The summed E-state index contributed by atoms with van der Waals surface area (Å²) in [6.45, 7) is 3.63. The molecule has 14 heavy (non-hydrogen) atoms. The minimum atomic E-state index is 0.259. The summed E-state index contributed by atoms with van der Waals surface area (Å²) >= 11 is 5.63. The molecule has 1 aromatic rings. The number of methoxy groups -OCH3 is 1. The molecular formula is C9H14ClN3O. The van der Waals surface area contributed by atoms with Crippen LogP contribution in [-0.2, 0) is 4.74 Å². The Morgan fingerprint density at radius 3 is 3.07 bits per heavy atom. The lowest BCUT2D eigenvalue weighted by molar-refractivity contribution is 0.164. The molecule has 1 unspecified atom stereocenters. The lowest BCUT2D eigenvalue weighted by Crippen LogP contribution is -2.16.